The molecule has 0 amide bonds. The van der Waals surface area contributed by atoms with Crippen LogP contribution in [-0.4, -0.2) is 34.6 Å². The molecule has 0 bridgehead atoms. The Morgan fingerprint density at radius 3 is 1.82 bits per heavy atom. The Kier molecular flexibility index (Phi) is 9.78. The fourth-order valence-corrected chi connectivity index (χ4v) is 8.89. The quantitative estimate of drug-likeness (QED) is 0.151. The first-order chi connectivity index (χ1) is 16.5. The van der Waals surface area contributed by atoms with Gasteiger partial charge in [0, 0.05) is 12.5 Å². The van der Waals surface area contributed by atoms with Crippen LogP contribution in [0.5, 0.6) is 0 Å². The highest BCUT2D eigenvalue weighted by atomic mass is 28.4. The van der Waals surface area contributed by atoms with Gasteiger partial charge in [0.1, 0.15) is 13.1 Å². The molecule has 0 fully saturated rings. The van der Waals surface area contributed by atoms with Gasteiger partial charge in [0.25, 0.3) is 8.32 Å². The Labute approximate surface area is 205 Å². The summed E-state index contributed by atoms with van der Waals surface area (Å²) in [6.07, 6.45) is 1.59. The van der Waals surface area contributed by atoms with Gasteiger partial charge in [0.2, 0.25) is 0 Å². The van der Waals surface area contributed by atoms with Gasteiger partial charge in [-0.25, -0.2) is 0 Å². The second-order valence-electron chi connectivity index (χ2n) is 9.52. The lowest BCUT2D eigenvalue weighted by molar-refractivity contribution is -0.113. The zero-order valence-electron chi connectivity index (χ0n) is 20.5. The molecule has 5 heteroatoms. The molecule has 0 saturated heterocycles. The zero-order valence-corrected chi connectivity index (χ0v) is 21.5. The summed E-state index contributed by atoms with van der Waals surface area (Å²) in [4.78, 5) is 11.9. The Hall–Kier alpha value is -2.57. The van der Waals surface area contributed by atoms with Gasteiger partial charge >= 0.3 is 0 Å². The molecule has 0 spiro atoms. The van der Waals surface area contributed by atoms with Gasteiger partial charge in [-0.2, -0.15) is 0 Å². The molecule has 180 valence electrons. The number of benzene rings is 3. The highest BCUT2D eigenvalue weighted by Gasteiger charge is 2.50. The van der Waals surface area contributed by atoms with Gasteiger partial charge in [-0.1, -0.05) is 112 Å². The van der Waals surface area contributed by atoms with Crippen molar-refractivity contribution in [1.82, 2.24) is 0 Å². The molecule has 1 atom stereocenters. The molecular weight excluding hydrogens is 440 g/mol. The summed E-state index contributed by atoms with van der Waals surface area (Å²) in [6.45, 7) is 8.24. The Morgan fingerprint density at radius 1 is 0.794 bits per heavy atom. The summed E-state index contributed by atoms with van der Waals surface area (Å²) in [7, 11) is -2.65. The summed E-state index contributed by atoms with van der Waals surface area (Å²) in [5, 5.41) is 2.30. The van der Waals surface area contributed by atoms with Crippen LogP contribution in [0.1, 0.15) is 32.8 Å². The molecule has 0 heterocycles. The molecule has 0 saturated carbocycles. The molecule has 0 aliphatic carbocycles. The van der Waals surface area contributed by atoms with Gasteiger partial charge < -0.3 is 18.7 Å². The minimum atomic E-state index is -2.65. The maximum atomic E-state index is 11.9. The van der Waals surface area contributed by atoms with Gasteiger partial charge in [0.15, 0.2) is 0 Å². The second-order valence-corrected chi connectivity index (χ2v) is 13.8. The molecule has 4 nitrogen and oxygen atoms in total. The zero-order chi connectivity index (χ0) is 24.3. The second kappa shape index (κ2) is 12.8. The molecule has 0 aliphatic heterocycles. The number of carbonyl (C=O) groups excluding carboxylic acids is 1. The predicted octanol–water partition coefficient (Wildman–Crippen LogP) is 4.96. The lowest BCUT2D eigenvalue weighted by atomic mass is 10.1. The van der Waals surface area contributed by atoms with E-state index in [1.807, 2.05) is 42.5 Å². The van der Waals surface area contributed by atoms with Gasteiger partial charge in [-0.05, 0) is 27.4 Å². The molecule has 3 aromatic rings. The molecule has 0 aliphatic rings. The first-order valence-electron chi connectivity index (χ1n) is 11.9. The largest absolute Gasteiger partial charge is 0.407 e. The van der Waals surface area contributed by atoms with E-state index in [0.29, 0.717) is 26.2 Å². The van der Waals surface area contributed by atoms with E-state index in [9.17, 15) is 4.79 Å². The third-order valence-corrected chi connectivity index (χ3v) is 11.0. The van der Waals surface area contributed by atoms with E-state index >= 15 is 0 Å². The monoisotopic (exact) mass is 476 g/mol. The highest BCUT2D eigenvalue weighted by molar-refractivity contribution is 6.99. The maximum absolute atomic E-state index is 11.9. The molecule has 34 heavy (non-hydrogen) atoms. The number of rotatable bonds is 13. The smallest absolute Gasteiger partial charge is 0.261 e. The van der Waals surface area contributed by atoms with Crippen molar-refractivity contribution in [1.29, 1.82) is 0 Å². The van der Waals surface area contributed by atoms with E-state index in [4.69, 9.17) is 13.9 Å². The molecule has 0 radical (unpaired) electrons. The summed E-state index contributed by atoms with van der Waals surface area (Å²) >= 11 is 0. The average Bonchev–Trinajstić information content (AvgIpc) is 2.86. The Balaban J connectivity index is 1.63. The van der Waals surface area contributed by atoms with Crippen LogP contribution in [0.4, 0.5) is 0 Å². The number of hydrogen-bond acceptors (Lipinski definition) is 4. The van der Waals surface area contributed by atoms with E-state index in [0.717, 1.165) is 11.8 Å². The predicted molar refractivity (Wildman–Crippen MR) is 140 cm³/mol. The minimum absolute atomic E-state index is 0.120. The van der Waals surface area contributed by atoms with Crippen molar-refractivity contribution >= 4 is 25.0 Å². The standard InChI is InChI=1S/C29H36O4Si/c1-29(2,3)34(27-15-9-5-10-16-27,28-17-11-6-12-18-28)33-23-26(21-30)19-20-31-24-32-22-25-13-7-4-8-14-25/h4-18,21,26H,19-20,22-24H2,1-3H3/t26-/m0/s1. The summed E-state index contributed by atoms with van der Waals surface area (Å²) < 4.78 is 18.1. The van der Waals surface area contributed by atoms with E-state index < -0.39 is 8.32 Å². The van der Waals surface area contributed by atoms with Gasteiger partial charge in [-0.15, -0.1) is 0 Å². The fourth-order valence-electron chi connectivity index (χ4n) is 4.27. The van der Waals surface area contributed by atoms with Crippen LogP contribution in [0.2, 0.25) is 5.04 Å². The normalized spacial score (nSPS) is 12.9. The first kappa shape index (κ1) is 26.0. The van der Waals surface area contributed by atoms with Gasteiger partial charge in [0.05, 0.1) is 13.2 Å². The van der Waals surface area contributed by atoms with Crippen LogP contribution in [-0.2, 0) is 25.3 Å². The molecule has 3 rings (SSSR count). The van der Waals surface area contributed by atoms with Crippen molar-refractivity contribution in [3.05, 3.63) is 96.6 Å². The van der Waals surface area contributed by atoms with Crippen LogP contribution in [0, 0.1) is 5.92 Å². The van der Waals surface area contributed by atoms with Gasteiger partial charge in [-0.3, -0.25) is 0 Å². The van der Waals surface area contributed by atoms with Crippen molar-refractivity contribution in [2.45, 2.75) is 38.8 Å². The molecule has 0 N–H and O–H groups in total. The van der Waals surface area contributed by atoms with E-state index in [1.165, 1.54) is 10.4 Å². The van der Waals surface area contributed by atoms with Crippen LogP contribution >= 0.6 is 0 Å². The molecular formula is C29H36O4Si. The first-order valence-corrected chi connectivity index (χ1v) is 13.8. The van der Waals surface area contributed by atoms with Crippen LogP contribution in [0.15, 0.2) is 91.0 Å². The number of carbonyl (C=O) groups is 1. The maximum Gasteiger partial charge on any atom is 0.261 e. The topological polar surface area (TPSA) is 44.8 Å². The summed E-state index contributed by atoms with van der Waals surface area (Å²) in [5.74, 6) is -0.240. The van der Waals surface area contributed by atoms with Crippen LogP contribution in [0.25, 0.3) is 0 Å². The third-order valence-electron chi connectivity index (χ3n) is 6.03. The lowest BCUT2D eigenvalue weighted by Gasteiger charge is -2.43. The molecule has 0 aromatic heterocycles. The summed E-state index contributed by atoms with van der Waals surface area (Å²) in [6, 6.07) is 31.0. The fraction of sp³-hybridized carbons (Fsp3) is 0.345. The number of hydrogen-bond donors (Lipinski definition) is 0. The van der Waals surface area contributed by atoms with Crippen molar-refractivity contribution in [3.8, 4) is 0 Å². The van der Waals surface area contributed by atoms with E-state index in [1.54, 1.807) is 0 Å². The van der Waals surface area contributed by atoms with Crippen molar-refractivity contribution in [2.24, 2.45) is 5.92 Å². The van der Waals surface area contributed by atoms with Crippen molar-refractivity contribution in [3.63, 3.8) is 0 Å². The SMILES string of the molecule is CC(C)(C)[Si](OC[C@H](C=O)CCOCOCc1ccccc1)(c1ccccc1)c1ccccc1. The van der Waals surface area contributed by atoms with Crippen molar-refractivity contribution < 1.29 is 18.7 Å². The molecule has 0 unspecified atom stereocenters. The number of aldehydes is 1. The van der Waals surface area contributed by atoms with E-state index in [2.05, 4.69) is 69.3 Å². The molecule has 3 aromatic carbocycles. The summed E-state index contributed by atoms with van der Waals surface area (Å²) in [5.41, 5.74) is 1.11. The van der Waals surface area contributed by atoms with E-state index in [-0.39, 0.29) is 17.7 Å². The average molecular weight is 477 g/mol. The Morgan fingerprint density at radius 2 is 1.32 bits per heavy atom. The van der Waals surface area contributed by atoms with Crippen LogP contribution < -0.4 is 10.4 Å². The Bertz CT molecular complexity index is 932. The highest BCUT2D eigenvalue weighted by Crippen LogP contribution is 2.37. The van der Waals surface area contributed by atoms with Crippen molar-refractivity contribution in [2.75, 3.05) is 20.0 Å². The lowest BCUT2D eigenvalue weighted by Crippen LogP contribution is -2.67. The number of ether oxygens (including phenoxy) is 2. The third kappa shape index (κ3) is 6.73. The van der Waals surface area contributed by atoms with Crippen LogP contribution in [0.3, 0.4) is 0 Å². The minimum Gasteiger partial charge on any atom is -0.407 e.